The van der Waals surface area contributed by atoms with Gasteiger partial charge in [-0.3, -0.25) is 10.1 Å². The molecule has 1 saturated heterocycles. The van der Waals surface area contributed by atoms with E-state index < -0.39 is 0 Å². The summed E-state index contributed by atoms with van der Waals surface area (Å²) in [7, 11) is 0. The van der Waals surface area contributed by atoms with Crippen LogP contribution in [0.3, 0.4) is 0 Å². The van der Waals surface area contributed by atoms with Gasteiger partial charge in [-0.25, -0.2) is 9.97 Å². The molecule has 0 aromatic carbocycles. The van der Waals surface area contributed by atoms with Crippen LogP contribution >= 0.6 is 11.3 Å². The molecule has 0 atom stereocenters. The van der Waals surface area contributed by atoms with Gasteiger partial charge in [0.15, 0.2) is 0 Å². The molecule has 8 heteroatoms. The highest BCUT2D eigenvalue weighted by atomic mass is 32.1. The Morgan fingerprint density at radius 1 is 1.24 bits per heavy atom. The van der Waals surface area contributed by atoms with Crippen molar-refractivity contribution in [2.75, 3.05) is 23.3 Å². The van der Waals surface area contributed by atoms with E-state index in [2.05, 4.69) is 30.4 Å². The Kier molecular flexibility index (Phi) is 4.05. The molecule has 0 aliphatic carbocycles. The maximum Gasteiger partial charge on any atom is 0.276 e. The first-order chi connectivity index (χ1) is 10.2. The number of hydrogen-bond acceptors (Lipinski definition) is 7. The van der Waals surface area contributed by atoms with E-state index in [1.54, 1.807) is 6.07 Å². The molecule has 7 nitrogen and oxygen atoms in total. The fourth-order valence-corrected chi connectivity index (χ4v) is 2.86. The monoisotopic (exact) mass is 304 g/mol. The average Bonchev–Trinajstić information content (AvgIpc) is 2.93. The van der Waals surface area contributed by atoms with Gasteiger partial charge in [-0.2, -0.15) is 0 Å². The molecule has 2 aromatic heterocycles. The van der Waals surface area contributed by atoms with E-state index in [9.17, 15) is 4.79 Å². The lowest BCUT2D eigenvalue weighted by molar-refractivity contribution is 0.102. The van der Waals surface area contributed by atoms with Crippen molar-refractivity contribution in [3.8, 4) is 0 Å². The standard InChI is InChI=1S/C13H16N6OS/c1-9-17-18-13(21-9)16-12(20)10-7-11(15-8-14-10)19-5-3-2-4-6-19/h7-8H,2-6H2,1H3,(H,16,18,20). The number of rotatable bonds is 3. The van der Waals surface area contributed by atoms with Gasteiger partial charge in [-0.1, -0.05) is 11.3 Å². The van der Waals surface area contributed by atoms with Gasteiger partial charge >= 0.3 is 0 Å². The SMILES string of the molecule is Cc1nnc(NC(=O)c2cc(N3CCCCC3)ncn2)s1. The molecular formula is C13H16N6OS. The van der Waals surface area contributed by atoms with Gasteiger partial charge in [0, 0.05) is 19.2 Å². The van der Waals surface area contributed by atoms with Crippen molar-refractivity contribution >= 4 is 28.2 Å². The fraction of sp³-hybridized carbons (Fsp3) is 0.462. The smallest absolute Gasteiger partial charge is 0.276 e. The van der Waals surface area contributed by atoms with Gasteiger partial charge in [0.2, 0.25) is 5.13 Å². The molecule has 3 heterocycles. The summed E-state index contributed by atoms with van der Waals surface area (Å²) in [4.78, 5) is 22.7. The molecule has 110 valence electrons. The summed E-state index contributed by atoms with van der Waals surface area (Å²) in [5.41, 5.74) is 0.346. The highest BCUT2D eigenvalue weighted by Gasteiger charge is 2.16. The normalized spacial score (nSPS) is 15.0. The summed E-state index contributed by atoms with van der Waals surface area (Å²) in [5.74, 6) is 0.523. The number of aryl methyl sites for hydroxylation is 1. The third-order valence-electron chi connectivity index (χ3n) is 3.31. The summed E-state index contributed by atoms with van der Waals surface area (Å²) >= 11 is 1.34. The minimum Gasteiger partial charge on any atom is -0.357 e. The number of carbonyl (C=O) groups is 1. The molecule has 1 fully saturated rings. The van der Waals surface area contributed by atoms with Crippen molar-refractivity contribution in [2.24, 2.45) is 0 Å². The number of aromatic nitrogens is 4. The minimum atomic E-state index is -0.285. The predicted octanol–water partition coefficient (Wildman–Crippen LogP) is 1.88. The van der Waals surface area contributed by atoms with E-state index in [4.69, 9.17) is 0 Å². The molecule has 0 saturated carbocycles. The van der Waals surface area contributed by atoms with Gasteiger partial charge in [0.05, 0.1) is 0 Å². The van der Waals surface area contributed by atoms with E-state index in [1.807, 2.05) is 6.92 Å². The van der Waals surface area contributed by atoms with Gasteiger partial charge < -0.3 is 4.90 Å². The van der Waals surface area contributed by atoms with E-state index in [-0.39, 0.29) is 5.91 Å². The van der Waals surface area contributed by atoms with Gasteiger partial charge in [-0.15, -0.1) is 10.2 Å². The number of amides is 1. The Morgan fingerprint density at radius 3 is 2.76 bits per heavy atom. The lowest BCUT2D eigenvalue weighted by Crippen LogP contribution is -2.30. The first kappa shape index (κ1) is 13.9. The molecule has 0 spiro atoms. The Balaban J connectivity index is 1.74. The zero-order chi connectivity index (χ0) is 14.7. The summed E-state index contributed by atoms with van der Waals surface area (Å²) in [6.07, 6.45) is 5.01. The molecule has 21 heavy (non-hydrogen) atoms. The van der Waals surface area contributed by atoms with Crippen LogP contribution < -0.4 is 10.2 Å². The second kappa shape index (κ2) is 6.13. The number of carbonyl (C=O) groups excluding carboxylic acids is 1. The molecule has 3 rings (SSSR count). The van der Waals surface area contributed by atoms with Crippen molar-refractivity contribution < 1.29 is 4.79 Å². The first-order valence-corrected chi connectivity index (χ1v) is 7.72. The van der Waals surface area contributed by atoms with E-state index >= 15 is 0 Å². The Bertz CT molecular complexity index is 637. The van der Waals surface area contributed by atoms with Crippen LogP contribution in [0.5, 0.6) is 0 Å². The van der Waals surface area contributed by atoms with Crippen molar-refractivity contribution in [3.63, 3.8) is 0 Å². The lowest BCUT2D eigenvalue weighted by Gasteiger charge is -2.27. The van der Waals surface area contributed by atoms with Crippen LogP contribution in [0.15, 0.2) is 12.4 Å². The zero-order valence-corrected chi connectivity index (χ0v) is 12.6. The zero-order valence-electron chi connectivity index (χ0n) is 11.7. The van der Waals surface area contributed by atoms with Crippen LogP contribution in [-0.2, 0) is 0 Å². The van der Waals surface area contributed by atoms with Crippen LogP contribution in [0.25, 0.3) is 0 Å². The molecule has 2 aromatic rings. The van der Waals surface area contributed by atoms with Crippen LogP contribution in [0.2, 0.25) is 0 Å². The van der Waals surface area contributed by atoms with Crippen molar-refractivity contribution in [1.82, 2.24) is 20.2 Å². The molecule has 0 bridgehead atoms. The van der Waals surface area contributed by atoms with Crippen molar-refractivity contribution in [2.45, 2.75) is 26.2 Å². The second-order valence-electron chi connectivity index (χ2n) is 4.89. The predicted molar refractivity (Wildman–Crippen MR) is 80.7 cm³/mol. The third-order valence-corrected chi connectivity index (χ3v) is 4.07. The molecule has 1 N–H and O–H groups in total. The summed E-state index contributed by atoms with van der Waals surface area (Å²) in [6, 6.07) is 1.73. The Labute approximate surface area is 126 Å². The second-order valence-corrected chi connectivity index (χ2v) is 6.07. The first-order valence-electron chi connectivity index (χ1n) is 6.91. The molecule has 1 amide bonds. The highest BCUT2D eigenvalue weighted by Crippen LogP contribution is 2.19. The molecular weight excluding hydrogens is 288 g/mol. The minimum absolute atomic E-state index is 0.285. The van der Waals surface area contributed by atoms with E-state index in [0.29, 0.717) is 10.8 Å². The maximum absolute atomic E-state index is 12.2. The summed E-state index contributed by atoms with van der Waals surface area (Å²) in [6.45, 7) is 3.80. The molecule has 0 unspecified atom stereocenters. The lowest BCUT2D eigenvalue weighted by atomic mass is 10.1. The van der Waals surface area contributed by atoms with Gasteiger partial charge in [-0.05, 0) is 26.2 Å². The molecule has 1 aliphatic rings. The van der Waals surface area contributed by atoms with Crippen molar-refractivity contribution in [1.29, 1.82) is 0 Å². The Morgan fingerprint density at radius 2 is 2.05 bits per heavy atom. The summed E-state index contributed by atoms with van der Waals surface area (Å²) < 4.78 is 0. The molecule has 0 radical (unpaired) electrons. The fourth-order valence-electron chi connectivity index (χ4n) is 2.28. The maximum atomic E-state index is 12.2. The number of nitrogens with one attached hydrogen (secondary N) is 1. The van der Waals surface area contributed by atoms with Gasteiger partial charge in [0.1, 0.15) is 22.8 Å². The van der Waals surface area contributed by atoms with Crippen LogP contribution in [-0.4, -0.2) is 39.2 Å². The van der Waals surface area contributed by atoms with Crippen LogP contribution in [0.4, 0.5) is 10.9 Å². The summed E-state index contributed by atoms with van der Waals surface area (Å²) in [5, 5.41) is 11.7. The largest absolute Gasteiger partial charge is 0.357 e. The number of hydrogen-bond donors (Lipinski definition) is 1. The quantitative estimate of drug-likeness (QED) is 0.932. The van der Waals surface area contributed by atoms with Crippen LogP contribution in [0.1, 0.15) is 34.8 Å². The number of piperidine rings is 1. The van der Waals surface area contributed by atoms with E-state index in [0.717, 1.165) is 36.8 Å². The number of anilines is 2. The van der Waals surface area contributed by atoms with Crippen LogP contribution in [0, 0.1) is 6.92 Å². The number of nitrogens with zero attached hydrogens (tertiary/aromatic N) is 5. The topological polar surface area (TPSA) is 83.9 Å². The molecule has 1 aliphatic heterocycles. The van der Waals surface area contributed by atoms with Crippen molar-refractivity contribution in [3.05, 3.63) is 23.1 Å². The average molecular weight is 304 g/mol. The highest BCUT2D eigenvalue weighted by molar-refractivity contribution is 7.15. The van der Waals surface area contributed by atoms with E-state index in [1.165, 1.54) is 24.1 Å². The third kappa shape index (κ3) is 3.33. The van der Waals surface area contributed by atoms with Gasteiger partial charge in [0.25, 0.3) is 5.91 Å². The Hall–Kier alpha value is -2.09.